The molecule has 0 radical (unpaired) electrons. The number of nitrogens with two attached hydrogens (primary N) is 1. The Hall–Kier alpha value is -2.68. The standard InChI is InChI=1S/C12H9F3N6/c13-12(14,15)7-5-17-21(6-7)10-8-3-1-2-4-9(8)18-11(19-10)20-16/h1-6H,16H2,(H,18,19,20). The second-order valence-corrected chi connectivity index (χ2v) is 4.20. The molecule has 0 saturated heterocycles. The number of anilines is 1. The summed E-state index contributed by atoms with van der Waals surface area (Å²) < 4.78 is 39.0. The van der Waals surface area contributed by atoms with Crippen LogP contribution < -0.4 is 11.3 Å². The lowest BCUT2D eigenvalue weighted by molar-refractivity contribution is -0.137. The second kappa shape index (κ2) is 4.70. The zero-order valence-corrected chi connectivity index (χ0v) is 10.5. The molecule has 0 unspecified atom stereocenters. The first kappa shape index (κ1) is 13.3. The highest BCUT2D eigenvalue weighted by Crippen LogP contribution is 2.29. The summed E-state index contributed by atoms with van der Waals surface area (Å²) in [7, 11) is 0. The summed E-state index contributed by atoms with van der Waals surface area (Å²) in [5.74, 6) is 5.58. The lowest BCUT2D eigenvalue weighted by Crippen LogP contribution is -2.12. The van der Waals surface area contributed by atoms with Gasteiger partial charge in [0.15, 0.2) is 5.82 Å². The number of para-hydroxylation sites is 1. The highest BCUT2D eigenvalue weighted by molar-refractivity contribution is 5.86. The predicted octanol–water partition coefficient (Wildman–Crippen LogP) is 2.12. The fraction of sp³-hybridized carbons (Fsp3) is 0.0833. The fourth-order valence-corrected chi connectivity index (χ4v) is 1.88. The molecule has 2 heterocycles. The number of hydrazine groups is 1. The first-order valence-electron chi connectivity index (χ1n) is 5.84. The molecule has 108 valence electrons. The van der Waals surface area contributed by atoms with E-state index in [-0.39, 0.29) is 11.8 Å². The number of fused-ring (bicyclic) bond motifs is 1. The fourth-order valence-electron chi connectivity index (χ4n) is 1.88. The monoisotopic (exact) mass is 294 g/mol. The number of rotatable bonds is 2. The van der Waals surface area contributed by atoms with E-state index in [0.29, 0.717) is 10.9 Å². The van der Waals surface area contributed by atoms with Gasteiger partial charge in [-0.25, -0.2) is 15.5 Å². The number of nitrogens with one attached hydrogen (secondary N) is 1. The van der Waals surface area contributed by atoms with Crippen LogP contribution in [0.15, 0.2) is 36.7 Å². The largest absolute Gasteiger partial charge is 0.419 e. The van der Waals surface area contributed by atoms with Crippen molar-refractivity contribution in [1.29, 1.82) is 0 Å². The molecule has 6 nitrogen and oxygen atoms in total. The predicted molar refractivity (Wildman–Crippen MR) is 69.5 cm³/mol. The van der Waals surface area contributed by atoms with Crippen molar-refractivity contribution in [3.63, 3.8) is 0 Å². The molecule has 0 spiro atoms. The zero-order chi connectivity index (χ0) is 15.0. The van der Waals surface area contributed by atoms with Gasteiger partial charge in [0.25, 0.3) is 0 Å². The third kappa shape index (κ3) is 2.38. The minimum Gasteiger partial charge on any atom is -0.292 e. The van der Waals surface area contributed by atoms with Crippen LogP contribution in [0.4, 0.5) is 19.1 Å². The molecule has 21 heavy (non-hydrogen) atoms. The van der Waals surface area contributed by atoms with E-state index in [2.05, 4.69) is 20.5 Å². The van der Waals surface area contributed by atoms with Crippen LogP contribution in [0.5, 0.6) is 0 Å². The number of nitrogens with zero attached hydrogens (tertiary/aromatic N) is 4. The number of benzene rings is 1. The second-order valence-electron chi connectivity index (χ2n) is 4.20. The van der Waals surface area contributed by atoms with E-state index in [9.17, 15) is 13.2 Å². The summed E-state index contributed by atoms with van der Waals surface area (Å²) in [5.41, 5.74) is 1.97. The van der Waals surface area contributed by atoms with Gasteiger partial charge >= 0.3 is 6.18 Å². The van der Waals surface area contributed by atoms with Gasteiger partial charge in [0.1, 0.15) is 0 Å². The number of halogens is 3. The van der Waals surface area contributed by atoms with Gasteiger partial charge in [-0.2, -0.15) is 23.3 Å². The van der Waals surface area contributed by atoms with Crippen LogP contribution in [0.1, 0.15) is 5.56 Å². The number of nitrogen functional groups attached to an aromatic ring is 1. The molecule has 0 amide bonds. The summed E-state index contributed by atoms with van der Waals surface area (Å²) in [4.78, 5) is 8.20. The van der Waals surface area contributed by atoms with Gasteiger partial charge in [0, 0.05) is 11.6 Å². The van der Waals surface area contributed by atoms with Crippen molar-refractivity contribution in [2.24, 2.45) is 5.84 Å². The average molecular weight is 294 g/mol. The van der Waals surface area contributed by atoms with E-state index in [1.807, 2.05) is 0 Å². The maximum Gasteiger partial charge on any atom is 0.419 e. The van der Waals surface area contributed by atoms with Crippen molar-refractivity contribution < 1.29 is 13.2 Å². The summed E-state index contributed by atoms with van der Waals surface area (Å²) in [6.07, 6.45) is -2.85. The molecule has 0 atom stereocenters. The summed E-state index contributed by atoms with van der Waals surface area (Å²) >= 11 is 0. The Morgan fingerprint density at radius 2 is 1.90 bits per heavy atom. The molecule has 3 aromatic rings. The van der Waals surface area contributed by atoms with Crippen molar-refractivity contribution >= 4 is 16.9 Å². The topological polar surface area (TPSA) is 81.6 Å². The molecule has 0 aliphatic heterocycles. The highest BCUT2D eigenvalue weighted by Gasteiger charge is 2.32. The summed E-state index contributed by atoms with van der Waals surface area (Å²) in [6, 6.07) is 6.89. The van der Waals surface area contributed by atoms with Crippen molar-refractivity contribution in [1.82, 2.24) is 19.7 Å². The minimum atomic E-state index is -4.46. The molecular formula is C12H9F3N6. The molecule has 0 aliphatic carbocycles. The average Bonchev–Trinajstić information content (AvgIpc) is 2.95. The van der Waals surface area contributed by atoms with E-state index in [4.69, 9.17) is 5.84 Å². The molecular weight excluding hydrogens is 285 g/mol. The Bertz CT molecular complexity index is 795. The van der Waals surface area contributed by atoms with Crippen molar-refractivity contribution in [2.75, 3.05) is 5.43 Å². The van der Waals surface area contributed by atoms with Crippen LogP contribution >= 0.6 is 0 Å². The molecule has 1 aromatic carbocycles. The van der Waals surface area contributed by atoms with E-state index in [1.165, 1.54) is 0 Å². The van der Waals surface area contributed by atoms with Gasteiger partial charge in [0.05, 0.1) is 17.3 Å². The Labute approximate surface area is 116 Å². The van der Waals surface area contributed by atoms with Gasteiger partial charge < -0.3 is 0 Å². The molecule has 0 bridgehead atoms. The van der Waals surface area contributed by atoms with E-state index >= 15 is 0 Å². The van der Waals surface area contributed by atoms with E-state index in [1.54, 1.807) is 24.3 Å². The Morgan fingerprint density at radius 1 is 1.14 bits per heavy atom. The lowest BCUT2D eigenvalue weighted by Gasteiger charge is -2.08. The third-order valence-electron chi connectivity index (χ3n) is 2.84. The molecule has 9 heteroatoms. The lowest BCUT2D eigenvalue weighted by atomic mass is 10.2. The Balaban J connectivity index is 2.21. The van der Waals surface area contributed by atoms with Crippen molar-refractivity contribution in [2.45, 2.75) is 6.18 Å². The quantitative estimate of drug-likeness (QED) is 0.559. The molecule has 3 N–H and O–H groups in total. The number of alkyl halides is 3. The van der Waals surface area contributed by atoms with Crippen LogP contribution in [0.25, 0.3) is 16.7 Å². The van der Waals surface area contributed by atoms with Crippen molar-refractivity contribution in [3.05, 3.63) is 42.2 Å². The smallest absolute Gasteiger partial charge is 0.292 e. The van der Waals surface area contributed by atoms with Gasteiger partial charge in [-0.3, -0.25) is 5.43 Å². The normalized spacial score (nSPS) is 11.8. The zero-order valence-electron chi connectivity index (χ0n) is 10.5. The van der Waals surface area contributed by atoms with Crippen LogP contribution in [0, 0.1) is 0 Å². The van der Waals surface area contributed by atoms with Crippen molar-refractivity contribution in [3.8, 4) is 5.82 Å². The van der Waals surface area contributed by atoms with Gasteiger partial charge in [-0.1, -0.05) is 12.1 Å². The number of aromatic nitrogens is 4. The summed E-state index contributed by atoms with van der Waals surface area (Å²) in [5, 5.41) is 4.28. The third-order valence-corrected chi connectivity index (χ3v) is 2.84. The van der Waals surface area contributed by atoms with Crippen LogP contribution in [-0.4, -0.2) is 19.7 Å². The maximum absolute atomic E-state index is 12.7. The SMILES string of the molecule is NNc1nc(-n2cc(C(F)(F)F)cn2)c2ccccc2n1. The number of hydrogen-bond acceptors (Lipinski definition) is 5. The van der Waals surface area contributed by atoms with E-state index < -0.39 is 11.7 Å². The molecule has 3 rings (SSSR count). The van der Waals surface area contributed by atoms with Crippen LogP contribution in [0.2, 0.25) is 0 Å². The first-order chi connectivity index (χ1) is 9.99. The highest BCUT2D eigenvalue weighted by atomic mass is 19.4. The van der Waals surface area contributed by atoms with Crippen LogP contribution in [0.3, 0.4) is 0 Å². The Kier molecular flexibility index (Phi) is 2.98. The van der Waals surface area contributed by atoms with Crippen LogP contribution in [-0.2, 0) is 6.18 Å². The van der Waals surface area contributed by atoms with E-state index in [0.717, 1.165) is 17.1 Å². The summed E-state index contributed by atoms with van der Waals surface area (Å²) in [6.45, 7) is 0. The van der Waals surface area contributed by atoms with Gasteiger partial charge in [-0.05, 0) is 12.1 Å². The van der Waals surface area contributed by atoms with Gasteiger partial charge in [0.2, 0.25) is 5.95 Å². The molecule has 0 fully saturated rings. The van der Waals surface area contributed by atoms with Gasteiger partial charge in [-0.15, -0.1) is 0 Å². The first-order valence-corrected chi connectivity index (χ1v) is 5.84. The molecule has 0 saturated carbocycles. The molecule has 2 aromatic heterocycles. The Morgan fingerprint density at radius 3 is 2.57 bits per heavy atom. The maximum atomic E-state index is 12.7. The number of hydrogen-bond donors (Lipinski definition) is 2. The molecule has 0 aliphatic rings. The minimum absolute atomic E-state index is 0.0905.